The van der Waals surface area contributed by atoms with E-state index in [1.54, 1.807) is 11.8 Å². The molecule has 23 heavy (non-hydrogen) atoms. The van der Waals surface area contributed by atoms with Crippen LogP contribution in [0.1, 0.15) is 11.5 Å². The number of nitrogens with one attached hydrogen (secondary N) is 1. The van der Waals surface area contributed by atoms with Crippen LogP contribution in [-0.2, 0) is 6.54 Å². The molecule has 1 aromatic carbocycles. The number of anilines is 1. The van der Waals surface area contributed by atoms with Gasteiger partial charge in [-0.15, -0.1) is 5.10 Å². The molecule has 1 saturated heterocycles. The number of nitrogens with zero attached hydrogens (tertiary/aromatic N) is 4. The lowest BCUT2D eigenvalue weighted by molar-refractivity contribution is 0.193. The van der Waals surface area contributed by atoms with Crippen LogP contribution in [0.15, 0.2) is 28.7 Å². The first kappa shape index (κ1) is 15.6. The summed E-state index contributed by atoms with van der Waals surface area (Å²) in [5.41, 5.74) is 0.978. The SMILES string of the molecule is Cc1nnc(N2CCN(C(=O)NCc3cccc(Cl)c3)CC2)o1. The van der Waals surface area contributed by atoms with Crippen LogP contribution >= 0.6 is 11.6 Å². The van der Waals surface area contributed by atoms with Crippen molar-refractivity contribution in [1.29, 1.82) is 0 Å². The topological polar surface area (TPSA) is 74.5 Å². The fourth-order valence-electron chi connectivity index (χ4n) is 2.45. The van der Waals surface area contributed by atoms with Gasteiger partial charge in [-0.05, 0) is 17.7 Å². The summed E-state index contributed by atoms with van der Waals surface area (Å²) >= 11 is 5.94. The van der Waals surface area contributed by atoms with Gasteiger partial charge >= 0.3 is 12.0 Å². The van der Waals surface area contributed by atoms with Gasteiger partial charge in [-0.3, -0.25) is 0 Å². The fraction of sp³-hybridized carbons (Fsp3) is 0.400. The van der Waals surface area contributed by atoms with E-state index in [1.807, 2.05) is 29.2 Å². The normalized spacial score (nSPS) is 14.9. The molecule has 2 heterocycles. The Kier molecular flexibility index (Phi) is 4.66. The summed E-state index contributed by atoms with van der Waals surface area (Å²) < 4.78 is 5.41. The Morgan fingerprint density at radius 2 is 2.09 bits per heavy atom. The molecular formula is C15H18ClN5O2. The maximum atomic E-state index is 12.2. The second-order valence-corrected chi connectivity index (χ2v) is 5.80. The summed E-state index contributed by atoms with van der Waals surface area (Å²) in [5.74, 6) is 0.543. The largest absolute Gasteiger partial charge is 0.408 e. The van der Waals surface area contributed by atoms with Gasteiger partial charge in [0.2, 0.25) is 5.89 Å². The van der Waals surface area contributed by atoms with Crippen molar-refractivity contribution in [3.05, 3.63) is 40.7 Å². The Hall–Kier alpha value is -2.28. The second-order valence-electron chi connectivity index (χ2n) is 5.37. The molecule has 1 aromatic heterocycles. The molecule has 0 unspecified atom stereocenters. The molecule has 1 aliphatic heterocycles. The highest BCUT2D eigenvalue weighted by Crippen LogP contribution is 2.14. The van der Waals surface area contributed by atoms with Crippen molar-refractivity contribution in [2.45, 2.75) is 13.5 Å². The number of piperazine rings is 1. The molecule has 0 spiro atoms. The van der Waals surface area contributed by atoms with Crippen molar-refractivity contribution < 1.29 is 9.21 Å². The molecular weight excluding hydrogens is 318 g/mol. The van der Waals surface area contributed by atoms with Crippen LogP contribution in [0.5, 0.6) is 0 Å². The Morgan fingerprint density at radius 3 is 2.74 bits per heavy atom. The third-order valence-electron chi connectivity index (χ3n) is 3.69. The summed E-state index contributed by atoms with van der Waals surface area (Å²) in [6, 6.07) is 7.90. The summed E-state index contributed by atoms with van der Waals surface area (Å²) in [6.07, 6.45) is 0. The molecule has 8 heteroatoms. The first-order valence-electron chi connectivity index (χ1n) is 7.44. The van der Waals surface area contributed by atoms with E-state index in [9.17, 15) is 4.79 Å². The zero-order valence-corrected chi connectivity index (χ0v) is 13.6. The van der Waals surface area contributed by atoms with Crippen molar-refractivity contribution in [3.63, 3.8) is 0 Å². The number of carbonyl (C=O) groups excluding carboxylic acids is 1. The van der Waals surface area contributed by atoms with E-state index in [-0.39, 0.29) is 6.03 Å². The highest BCUT2D eigenvalue weighted by molar-refractivity contribution is 6.30. The Balaban J connectivity index is 1.48. The lowest BCUT2D eigenvalue weighted by atomic mass is 10.2. The van der Waals surface area contributed by atoms with E-state index in [4.69, 9.17) is 16.0 Å². The molecule has 2 aromatic rings. The predicted molar refractivity (Wildman–Crippen MR) is 86.5 cm³/mol. The van der Waals surface area contributed by atoms with Crippen LogP contribution in [0, 0.1) is 6.92 Å². The fourth-order valence-corrected chi connectivity index (χ4v) is 2.66. The van der Waals surface area contributed by atoms with Gasteiger partial charge in [0.15, 0.2) is 0 Å². The van der Waals surface area contributed by atoms with E-state index in [2.05, 4.69) is 15.5 Å². The third kappa shape index (κ3) is 3.92. The van der Waals surface area contributed by atoms with Gasteiger partial charge in [-0.25, -0.2) is 4.79 Å². The number of hydrogen-bond donors (Lipinski definition) is 1. The van der Waals surface area contributed by atoms with Crippen molar-refractivity contribution in [1.82, 2.24) is 20.4 Å². The van der Waals surface area contributed by atoms with Gasteiger partial charge in [0.05, 0.1) is 0 Å². The van der Waals surface area contributed by atoms with Crippen molar-refractivity contribution in [2.75, 3.05) is 31.1 Å². The smallest absolute Gasteiger partial charge is 0.318 e. The minimum absolute atomic E-state index is 0.0775. The number of aryl methyl sites for hydroxylation is 1. The van der Waals surface area contributed by atoms with Crippen LogP contribution in [0.2, 0.25) is 5.02 Å². The minimum atomic E-state index is -0.0775. The molecule has 1 aliphatic rings. The van der Waals surface area contributed by atoms with Gasteiger partial charge in [0, 0.05) is 44.7 Å². The van der Waals surface area contributed by atoms with Crippen molar-refractivity contribution in [2.24, 2.45) is 0 Å². The molecule has 122 valence electrons. The number of urea groups is 1. The molecule has 1 N–H and O–H groups in total. The molecule has 0 radical (unpaired) electrons. The number of hydrogen-bond acceptors (Lipinski definition) is 5. The monoisotopic (exact) mass is 335 g/mol. The second kappa shape index (κ2) is 6.87. The average Bonchev–Trinajstić information content (AvgIpc) is 2.99. The van der Waals surface area contributed by atoms with E-state index >= 15 is 0 Å². The van der Waals surface area contributed by atoms with Gasteiger partial charge in [-0.1, -0.05) is 28.8 Å². The number of amides is 2. The van der Waals surface area contributed by atoms with Gasteiger partial charge < -0.3 is 19.5 Å². The molecule has 3 rings (SSSR count). The van der Waals surface area contributed by atoms with Crippen molar-refractivity contribution in [3.8, 4) is 0 Å². The first-order valence-corrected chi connectivity index (χ1v) is 7.82. The van der Waals surface area contributed by atoms with Gasteiger partial charge in [0.1, 0.15) is 0 Å². The molecule has 7 nitrogen and oxygen atoms in total. The highest BCUT2D eigenvalue weighted by Gasteiger charge is 2.23. The van der Waals surface area contributed by atoms with E-state index in [0.717, 1.165) is 5.56 Å². The molecule has 0 atom stereocenters. The lowest BCUT2D eigenvalue weighted by Gasteiger charge is -2.33. The van der Waals surface area contributed by atoms with Crippen LogP contribution in [0.25, 0.3) is 0 Å². The maximum Gasteiger partial charge on any atom is 0.318 e. The Bertz CT molecular complexity index is 682. The molecule has 1 fully saturated rings. The van der Waals surface area contributed by atoms with Gasteiger partial charge in [-0.2, -0.15) is 0 Å². The zero-order chi connectivity index (χ0) is 16.2. The summed E-state index contributed by atoms with van der Waals surface area (Å²) in [5, 5.41) is 11.4. The average molecular weight is 336 g/mol. The molecule has 0 bridgehead atoms. The van der Waals surface area contributed by atoms with E-state index < -0.39 is 0 Å². The van der Waals surface area contributed by atoms with E-state index in [0.29, 0.717) is 49.7 Å². The number of benzene rings is 1. The molecule has 0 saturated carbocycles. The molecule has 2 amide bonds. The van der Waals surface area contributed by atoms with Crippen molar-refractivity contribution >= 4 is 23.6 Å². The summed E-state index contributed by atoms with van der Waals surface area (Å²) in [4.78, 5) is 16.0. The summed E-state index contributed by atoms with van der Waals surface area (Å²) in [6.45, 7) is 4.79. The highest BCUT2D eigenvalue weighted by atomic mass is 35.5. The van der Waals surface area contributed by atoms with Crippen LogP contribution in [-0.4, -0.2) is 47.3 Å². The zero-order valence-electron chi connectivity index (χ0n) is 12.8. The Morgan fingerprint density at radius 1 is 1.30 bits per heavy atom. The van der Waals surface area contributed by atoms with Crippen LogP contribution in [0.4, 0.5) is 10.8 Å². The predicted octanol–water partition coefficient (Wildman–Crippen LogP) is 2.06. The lowest BCUT2D eigenvalue weighted by Crippen LogP contribution is -2.51. The standard InChI is InChI=1S/C15H18ClN5O2/c1-11-18-19-15(23-11)21-7-5-20(6-8-21)14(22)17-10-12-3-2-4-13(16)9-12/h2-4,9H,5-8,10H2,1H3,(H,17,22). The van der Waals surface area contributed by atoms with Gasteiger partial charge in [0.25, 0.3) is 0 Å². The van der Waals surface area contributed by atoms with Crippen LogP contribution < -0.4 is 10.2 Å². The number of halogens is 1. The number of carbonyl (C=O) groups is 1. The quantitative estimate of drug-likeness (QED) is 0.929. The number of rotatable bonds is 3. The first-order chi connectivity index (χ1) is 11.1. The van der Waals surface area contributed by atoms with Crippen LogP contribution in [0.3, 0.4) is 0 Å². The summed E-state index contributed by atoms with van der Waals surface area (Å²) in [7, 11) is 0. The number of aromatic nitrogens is 2. The molecule has 0 aliphatic carbocycles. The van der Waals surface area contributed by atoms with E-state index in [1.165, 1.54) is 0 Å². The maximum absolute atomic E-state index is 12.2. The minimum Gasteiger partial charge on any atom is -0.408 e. The third-order valence-corrected chi connectivity index (χ3v) is 3.92. The Labute approximate surface area is 139 Å².